The molecular formula is C8H13NO4. The predicted molar refractivity (Wildman–Crippen MR) is 45.9 cm³/mol. The zero-order valence-corrected chi connectivity index (χ0v) is 7.94. The van der Waals surface area contributed by atoms with Gasteiger partial charge in [-0.2, -0.15) is 0 Å². The van der Waals surface area contributed by atoms with E-state index in [0.717, 1.165) is 0 Å². The highest BCUT2D eigenvalue weighted by atomic mass is 16.6. The van der Waals surface area contributed by atoms with Gasteiger partial charge in [-0.25, -0.2) is 0 Å². The Kier molecular flexibility index (Phi) is 4.23. The molecular weight excluding hydrogens is 174 g/mol. The average Bonchev–Trinajstić information content (AvgIpc) is 1.81. The summed E-state index contributed by atoms with van der Waals surface area (Å²) in [5.41, 5.74) is 0. The Morgan fingerprint density at radius 2 is 1.69 bits per heavy atom. The van der Waals surface area contributed by atoms with E-state index in [1.54, 1.807) is 0 Å². The van der Waals surface area contributed by atoms with Gasteiger partial charge >= 0.3 is 0 Å². The molecule has 0 aromatic rings. The minimum Gasteiger partial charge on any atom is -0.299 e. The van der Waals surface area contributed by atoms with Crippen LogP contribution < -0.4 is 0 Å². The van der Waals surface area contributed by atoms with E-state index in [1.807, 2.05) is 0 Å². The van der Waals surface area contributed by atoms with Gasteiger partial charge in [-0.15, -0.1) is 0 Å². The Hall–Kier alpha value is -1.26. The van der Waals surface area contributed by atoms with Crippen LogP contribution in [0.4, 0.5) is 0 Å². The standard InChI is InChI=1S/C8H13NO4/c1-5(4-9(12)13)8(6(2)10)7(3)11/h5,8H,4H2,1-3H3. The van der Waals surface area contributed by atoms with Gasteiger partial charge in [0.2, 0.25) is 6.54 Å². The van der Waals surface area contributed by atoms with Gasteiger partial charge in [0.25, 0.3) is 0 Å². The lowest BCUT2D eigenvalue weighted by Crippen LogP contribution is -2.30. The third kappa shape index (κ3) is 3.78. The predicted octanol–water partition coefficient (Wildman–Crippen LogP) is 0.693. The Balaban J connectivity index is 4.46. The first-order valence-corrected chi connectivity index (χ1v) is 3.99. The summed E-state index contributed by atoms with van der Waals surface area (Å²) in [5.74, 6) is -1.96. The summed E-state index contributed by atoms with van der Waals surface area (Å²) < 4.78 is 0. The number of nitrogens with zero attached hydrogens (tertiary/aromatic N) is 1. The molecule has 5 heteroatoms. The molecule has 0 N–H and O–H groups in total. The number of hydrogen-bond donors (Lipinski definition) is 0. The molecule has 5 nitrogen and oxygen atoms in total. The Labute approximate surface area is 76.3 Å². The van der Waals surface area contributed by atoms with Crippen LogP contribution in [0.3, 0.4) is 0 Å². The van der Waals surface area contributed by atoms with Crippen LogP contribution in [0.15, 0.2) is 0 Å². The summed E-state index contributed by atoms with van der Waals surface area (Å²) in [7, 11) is 0. The summed E-state index contributed by atoms with van der Waals surface area (Å²) >= 11 is 0. The van der Waals surface area contributed by atoms with Crippen molar-refractivity contribution >= 4 is 11.6 Å². The molecule has 74 valence electrons. The van der Waals surface area contributed by atoms with Gasteiger partial charge in [0, 0.05) is 10.8 Å². The van der Waals surface area contributed by atoms with Gasteiger partial charge in [0.1, 0.15) is 11.6 Å². The Morgan fingerprint density at radius 3 is 1.92 bits per heavy atom. The molecule has 0 spiro atoms. The first-order chi connectivity index (χ1) is 5.86. The zero-order valence-electron chi connectivity index (χ0n) is 7.94. The molecule has 0 aliphatic carbocycles. The van der Waals surface area contributed by atoms with E-state index < -0.39 is 16.8 Å². The van der Waals surface area contributed by atoms with E-state index >= 15 is 0 Å². The van der Waals surface area contributed by atoms with Crippen LogP contribution in [0, 0.1) is 22.0 Å². The van der Waals surface area contributed by atoms with Gasteiger partial charge in [-0.05, 0) is 13.8 Å². The largest absolute Gasteiger partial charge is 0.299 e. The second-order valence-corrected chi connectivity index (χ2v) is 3.19. The number of rotatable bonds is 5. The van der Waals surface area contributed by atoms with Gasteiger partial charge in [-0.1, -0.05) is 6.92 Å². The summed E-state index contributed by atoms with van der Waals surface area (Å²) in [6.45, 7) is 3.76. The van der Waals surface area contributed by atoms with E-state index in [2.05, 4.69) is 0 Å². The van der Waals surface area contributed by atoms with Crippen molar-refractivity contribution in [3.63, 3.8) is 0 Å². The molecule has 0 saturated carbocycles. The number of Topliss-reactive ketones (excluding diaryl/α,β-unsaturated/α-hetero) is 2. The molecule has 0 bridgehead atoms. The molecule has 0 aromatic heterocycles. The molecule has 0 fully saturated rings. The molecule has 0 rings (SSSR count). The van der Waals surface area contributed by atoms with Gasteiger partial charge < -0.3 is 0 Å². The molecule has 13 heavy (non-hydrogen) atoms. The van der Waals surface area contributed by atoms with Crippen LogP contribution >= 0.6 is 0 Å². The van der Waals surface area contributed by atoms with Crippen LogP contribution in [-0.4, -0.2) is 23.0 Å². The highest BCUT2D eigenvalue weighted by molar-refractivity contribution is 6.00. The maximum atomic E-state index is 11.0. The normalized spacial score (nSPS) is 12.6. The van der Waals surface area contributed by atoms with Crippen LogP contribution in [0.1, 0.15) is 20.8 Å². The van der Waals surface area contributed by atoms with Crippen LogP contribution in [0.5, 0.6) is 0 Å². The first kappa shape index (κ1) is 11.7. The maximum Gasteiger partial charge on any atom is 0.207 e. The second kappa shape index (κ2) is 4.69. The molecule has 1 atom stereocenters. The lowest BCUT2D eigenvalue weighted by Gasteiger charge is -2.14. The van der Waals surface area contributed by atoms with Crippen molar-refractivity contribution in [1.29, 1.82) is 0 Å². The third-order valence-corrected chi connectivity index (χ3v) is 1.88. The molecule has 0 amide bonds. The molecule has 1 unspecified atom stereocenters. The van der Waals surface area contributed by atoms with E-state index in [9.17, 15) is 19.7 Å². The lowest BCUT2D eigenvalue weighted by atomic mass is 9.87. The van der Waals surface area contributed by atoms with Crippen molar-refractivity contribution in [2.45, 2.75) is 20.8 Å². The summed E-state index contributed by atoms with van der Waals surface area (Å²) in [6.07, 6.45) is 0. The fraction of sp³-hybridized carbons (Fsp3) is 0.750. The summed E-state index contributed by atoms with van der Waals surface area (Å²) in [5, 5.41) is 10.1. The molecule has 0 radical (unpaired) electrons. The van der Waals surface area contributed by atoms with Crippen molar-refractivity contribution in [2.24, 2.45) is 11.8 Å². The Bertz CT molecular complexity index is 222. The van der Waals surface area contributed by atoms with E-state index in [0.29, 0.717) is 0 Å². The van der Waals surface area contributed by atoms with E-state index in [-0.39, 0.29) is 18.1 Å². The summed E-state index contributed by atoms with van der Waals surface area (Å²) in [4.78, 5) is 31.6. The highest BCUT2D eigenvalue weighted by Gasteiger charge is 2.29. The molecule has 0 heterocycles. The average molecular weight is 187 g/mol. The number of ketones is 2. The number of hydrogen-bond acceptors (Lipinski definition) is 4. The fourth-order valence-electron chi connectivity index (χ4n) is 1.43. The van der Waals surface area contributed by atoms with Gasteiger partial charge in [0.05, 0.1) is 5.92 Å². The Morgan fingerprint density at radius 1 is 1.31 bits per heavy atom. The quantitative estimate of drug-likeness (QED) is 0.360. The highest BCUT2D eigenvalue weighted by Crippen LogP contribution is 2.14. The number of carbonyl (C=O) groups excluding carboxylic acids is 2. The topological polar surface area (TPSA) is 77.3 Å². The maximum absolute atomic E-state index is 11.0. The van der Waals surface area contributed by atoms with Crippen molar-refractivity contribution in [3.05, 3.63) is 10.1 Å². The zero-order chi connectivity index (χ0) is 10.6. The summed E-state index contributed by atoms with van der Waals surface area (Å²) in [6, 6.07) is 0. The van der Waals surface area contributed by atoms with Crippen molar-refractivity contribution in [1.82, 2.24) is 0 Å². The molecule has 0 saturated heterocycles. The smallest absolute Gasteiger partial charge is 0.207 e. The van der Waals surface area contributed by atoms with Crippen LogP contribution in [0.25, 0.3) is 0 Å². The minimum absolute atomic E-state index is 0.304. The SMILES string of the molecule is CC(=O)C(C(C)=O)C(C)C[N+](=O)[O-]. The molecule has 0 aliphatic heterocycles. The molecule has 0 aromatic carbocycles. The monoisotopic (exact) mass is 187 g/mol. The van der Waals surface area contributed by atoms with Crippen LogP contribution in [-0.2, 0) is 9.59 Å². The second-order valence-electron chi connectivity index (χ2n) is 3.19. The third-order valence-electron chi connectivity index (χ3n) is 1.88. The van der Waals surface area contributed by atoms with Crippen molar-refractivity contribution < 1.29 is 14.5 Å². The fourth-order valence-corrected chi connectivity index (χ4v) is 1.43. The first-order valence-electron chi connectivity index (χ1n) is 3.99. The number of carbonyl (C=O) groups is 2. The van der Waals surface area contributed by atoms with Gasteiger partial charge in [-0.3, -0.25) is 19.7 Å². The minimum atomic E-state index is -0.828. The lowest BCUT2D eigenvalue weighted by molar-refractivity contribution is -0.488. The van der Waals surface area contributed by atoms with Crippen molar-refractivity contribution in [3.8, 4) is 0 Å². The van der Waals surface area contributed by atoms with Crippen molar-refractivity contribution in [2.75, 3.05) is 6.54 Å². The van der Waals surface area contributed by atoms with Gasteiger partial charge in [0.15, 0.2) is 0 Å². The van der Waals surface area contributed by atoms with E-state index in [4.69, 9.17) is 0 Å². The van der Waals surface area contributed by atoms with E-state index in [1.165, 1.54) is 20.8 Å². The number of nitro groups is 1. The van der Waals surface area contributed by atoms with Crippen LogP contribution in [0.2, 0.25) is 0 Å². The molecule has 0 aliphatic rings.